The zero-order chi connectivity index (χ0) is 8.01. The van der Waals surface area contributed by atoms with Gasteiger partial charge in [-0.15, -0.1) is 0 Å². The predicted octanol–water partition coefficient (Wildman–Crippen LogP) is 1.45. The molecule has 0 saturated carbocycles. The number of aromatic nitrogens is 2. The van der Waals surface area contributed by atoms with Crippen LogP contribution in [-0.4, -0.2) is 16.4 Å². The third-order valence-electron chi connectivity index (χ3n) is 1.85. The lowest BCUT2D eigenvalue weighted by molar-refractivity contribution is 0.415. The molecule has 0 N–H and O–H groups in total. The molecule has 0 amide bonds. The molecular weight excluding hydrogens is 164 g/mol. The van der Waals surface area contributed by atoms with Crippen molar-refractivity contribution in [2.24, 2.45) is 7.05 Å². The fraction of sp³-hybridized carbons (Fsp3) is 0.571. The summed E-state index contributed by atoms with van der Waals surface area (Å²) in [5, 5.41) is 4.88. The van der Waals surface area contributed by atoms with Crippen molar-refractivity contribution in [3.63, 3.8) is 0 Å². The van der Waals surface area contributed by atoms with Gasteiger partial charge in [0.2, 0.25) is 0 Å². The Balaban J connectivity index is 2.50. The maximum atomic E-state index is 5.97. The minimum Gasteiger partial charge on any atom is -0.368 e. The molecule has 1 atom stereocenters. The standard InChI is InChI=1S/C7H9ClN2O/c1-4-6(5-3-11-5)7(8)10(2)9-4/h5H,3H2,1-2H3/t5-/m0/s1. The van der Waals surface area contributed by atoms with Crippen LogP contribution in [0.25, 0.3) is 0 Å². The summed E-state index contributed by atoms with van der Waals surface area (Å²) in [6.45, 7) is 2.73. The average Bonchev–Trinajstić information content (AvgIpc) is 2.68. The Labute approximate surface area is 69.9 Å². The van der Waals surface area contributed by atoms with Gasteiger partial charge in [0, 0.05) is 12.6 Å². The van der Waals surface area contributed by atoms with Crippen molar-refractivity contribution in [3.8, 4) is 0 Å². The highest BCUT2D eigenvalue weighted by Gasteiger charge is 2.31. The van der Waals surface area contributed by atoms with Crippen molar-refractivity contribution in [3.05, 3.63) is 16.4 Å². The molecule has 0 radical (unpaired) electrons. The summed E-state index contributed by atoms with van der Waals surface area (Å²) in [6, 6.07) is 0. The van der Waals surface area contributed by atoms with E-state index in [9.17, 15) is 0 Å². The van der Waals surface area contributed by atoms with E-state index in [0.29, 0.717) is 5.15 Å². The third-order valence-corrected chi connectivity index (χ3v) is 2.30. The van der Waals surface area contributed by atoms with Crippen molar-refractivity contribution in [2.75, 3.05) is 6.61 Å². The van der Waals surface area contributed by atoms with Crippen LogP contribution in [0.4, 0.5) is 0 Å². The van der Waals surface area contributed by atoms with Crippen LogP contribution in [0.2, 0.25) is 5.15 Å². The van der Waals surface area contributed by atoms with Gasteiger partial charge < -0.3 is 4.74 Å². The molecule has 0 aliphatic carbocycles. The van der Waals surface area contributed by atoms with Gasteiger partial charge in [0.1, 0.15) is 11.3 Å². The van der Waals surface area contributed by atoms with Crippen molar-refractivity contribution < 1.29 is 4.74 Å². The van der Waals surface area contributed by atoms with Gasteiger partial charge in [0.15, 0.2) is 0 Å². The van der Waals surface area contributed by atoms with Crippen molar-refractivity contribution in [1.82, 2.24) is 9.78 Å². The van der Waals surface area contributed by atoms with Gasteiger partial charge in [0.05, 0.1) is 12.3 Å². The van der Waals surface area contributed by atoms with Crippen LogP contribution < -0.4 is 0 Å². The first kappa shape index (κ1) is 7.13. The lowest BCUT2D eigenvalue weighted by Crippen LogP contribution is -1.89. The van der Waals surface area contributed by atoms with E-state index >= 15 is 0 Å². The molecule has 11 heavy (non-hydrogen) atoms. The van der Waals surface area contributed by atoms with Crippen molar-refractivity contribution in [1.29, 1.82) is 0 Å². The third kappa shape index (κ3) is 1.04. The summed E-state index contributed by atoms with van der Waals surface area (Å²) >= 11 is 5.97. The van der Waals surface area contributed by atoms with Gasteiger partial charge in [-0.3, -0.25) is 4.68 Å². The number of ether oxygens (including phenoxy) is 1. The molecule has 1 aromatic heterocycles. The Morgan fingerprint density at radius 1 is 1.73 bits per heavy atom. The first-order valence-corrected chi connectivity index (χ1v) is 3.88. The van der Waals surface area contributed by atoms with Crippen LogP contribution in [-0.2, 0) is 11.8 Å². The lowest BCUT2D eigenvalue weighted by atomic mass is 10.2. The molecule has 1 fully saturated rings. The van der Waals surface area contributed by atoms with Crippen LogP contribution in [0.15, 0.2) is 0 Å². The molecule has 0 aromatic carbocycles. The van der Waals surface area contributed by atoms with Crippen LogP contribution in [0.5, 0.6) is 0 Å². The van der Waals surface area contributed by atoms with E-state index in [4.69, 9.17) is 16.3 Å². The van der Waals surface area contributed by atoms with E-state index in [1.54, 1.807) is 4.68 Å². The Morgan fingerprint density at radius 2 is 2.36 bits per heavy atom. The van der Waals surface area contributed by atoms with Gasteiger partial charge in [-0.2, -0.15) is 5.10 Å². The molecule has 0 spiro atoms. The fourth-order valence-electron chi connectivity index (χ4n) is 1.23. The normalized spacial score (nSPS) is 22.3. The molecule has 1 aliphatic rings. The van der Waals surface area contributed by atoms with Gasteiger partial charge in [-0.1, -0.05) is 11.6 Å². The van der Waals surface area contributed by atoms with Crippen LogP contribution in [0, 0.1) is 6.92 Å². The second-order valence-electron chi connectivity index (χ2n) is 2.74. The number of hydrogen-bond donors (Lipinski definition) is 0. The first-order valence-electron chi connectivity index (χ1n) is 3.50. The summed E-state index contributed by atoms with van der Waals surface area (Å²) in [5.74, 6) is 0. The number of halogens is 1. The Hall–Kier alpha value is -0.540. The zero-order valence-corrected chi connectivity index (χ0v) is 7.22. The van der Waals surface area contributed by atoms with Gasteiger partial charge in [0.25, 0.3) is 0 Å². The minimum atomic E-state index is 0.205. The summed E-state index contributed by atoms with van der Waals surface area (Å²) in [5.41, 5.74) is 2.02. The molecule has 2 heterocycles. The largest absolute Gasteiger partial charge is 0.368 e. The summed E-state index contributed by atoms with van der Waals surface area (Å²) in [4.78, 5) is 0. The number of rotatable bonds is 1. The molecule has 1 saturated heterocycles. The van der Waals surface area contributed by atoms with Gasteiger partial charge in [-0.25, -0.2) is 0 Å². The second kappa shape index (κ2) is 2.22. The van der Waals surface area contributed by atoms with Crippen LogP contribution in [0.3, 0.4) is 0 Å². The van der Waals surface area contributed by atoms with Crippen molar-refractivity contribution in [2.45, 2.75) is 13.0 Å². The van der Waals surface area contributed by atoms with E-state index in [-0.39, 0.29) is 6.10 Å². The number of aryl methyl sites for hydroxylation is 2. The number of hydrogen-bond acceptors (Lipinski definition) is 2. The van der Waals surface area contributed by atoms with E-state index in [2.05, 4.69) is 5.10 Å². The first-order chi connectivity index (χ1) is 5.20. The predicted molar refractivity (Wildman–Crippen MR) is 41.6 cm³/mol. The lowest BCUT2D eigenvalue weighted by Gasteiger charge is -1.92. The molecule has 4 heteroatoms. The number of nitrogens with zero attached hydrogens (tertiary/aromatic N) is 2. The summed E-state index contributed by atoms with van der Waals surface area (Å²) < 4.78 is 6.81. The van der Waals surface area contributed by atoms with Gasteiger partial charge >= 0.3 is 0 Å². The Bertz CT molecular complexity index is 291. The topological polar surface area (TPSA) is 30.4 Å². The molecule has 1 aliphatic heterocycles. The molecule has 3 nitrogen and oxygen atoms in total. The second-order valence-corrected chi connectivity index (χ2v) is 3.09. The highest BCUT2D eigenvalue weighted by atomic mass is 35.5. The van der Waals surface area contributed by atoms with E-state index in [1.165, 1.54) is 0 Å². The maximum absolute atomic E-state index is 5.97. The highest BCUT2D eigenvalue weighted by Crippen LogP contribution is 2.36. The smallest absolute Gasteiger partial charge is 0.132 e. The molecular formula is C7H9ClN2O. The minimum absolute atomic E-state index is 0.205. The highest BCUT2D eigenvalue weighted by molar-refractivity contribution is 6.30. The fourth-order valence-corrected chi connectivity index (χ4v) is 1.52. The van der Waals surface area contributed by atoms with E-state index in [0.717, 1.165) is 17.9 Å². The van der Waals surface area contributed by atoms with Gasteiger partial charge in [-0.05, 0) is 6.92 Å². The molecule has 1 aromatic rings. The molecule has 2 rings (SSSR count). The summed E-state index contributed by atoms with van der Waals surface area (Å²) in [6.07, 6.45) is 0.205. The summed E-state index contributed by atoms with van der Waals surface area (Å²) in [7, 11) is 1.83. The SMILES string of the molecule is Cc1nn(C)c(Cl)c1[C@@H]1CO1. The van der Waals surface area contributed by atoms with Crippen molar-refractivity contribution >= 4 is 11.6 Å². The quantitative estimate of drug-likeness (QED) is 0.601. The molecule has 60 valence electrons. The van der Waals surface area contributed by atoms with E-state index in [1.807, 2.05) is 14.0 Å². The zero-order valence-electron chi connectivity index (χ0n) is 6.47. The molecule has 0 bridgehead atoms. The Morgan fingerprint density at radius 3 is 2.73 bits per heavy atom. The van der Waals surface area contributed by atoms with E-state index < -0.39 is 0 Å². The average molecular weight is 173 g/mol. The monoisotopic (exact) mass is 172 g/mol. The Kier molecular flexibility index (Phi) is 1.44. The van der Waals surface area contributed by atoms with Crippen LogP contribution in [0.1, 0.15) is 17.4 Å². The molecule has 0 unspecified atom stereocenters. The maximum Gasteiger partial charge on any atom is 0.132 e. The van der Waals surface area contributed by atoms with Crippen LogP contribution >= 0.6 is 11.6 Å². The number of epoxide rings is 1.